The van der Waals surface area contributed by atoms with Gasteiger partial charge in [0.1, 0.15) is 17.1 Å². The van der Waals surface area contributed by atoms with Gasteiger partial charge in [-0.15, -0.1) is 0 Å². The highest BCUT2D eigenvalue weighted by atomic mass is 19.1. The second-order valence-electron chi connectivity index (χ2n) is 4.79. The van der Waals surface area contributed by atoms with Crippen LogP contribution in [0.1, 0.15) is 25.8 Å². The first kappa shape index (κ1) is 14.2. The number of hydrogen-bond donors (Lipinski definition) is 1. The fourth-order valence-corrected chi connectivity index (χ4v) is 2.37. The largest absolute Gasteiger partial charge is 0.325 e. The number of ketones is 1. The maximum Gasteiger partial charge on any atom is 0.325 e. The quantitative estimate of drug-likeness (QED) is 0.850. The highest BCUT2D eigenvalue weighted by molar-refractivity contribution is 6.09. The van der Waals surface area contributed by atoms with E-state index in [4.69, 9.17) is 0 Å². The Hall–Kier alpha value is -2.24. The third-order valence-electron chi connectivity index (χ3n) is 3.42. The smallest absolute Gasteiger partial charge is 0.319 e. The minimum absolute atomic E-state index is 0.256. The van der Waals surface area contributed by atoms with Crippen molar-refractivity contribution in [3.63, 3.8) is 0 Å². The molecule has 0 spiro atoms. The summed E-state index contributed by atoms with van der Waals surface area (Å²) < 4.78 is 13.0. The van der Waals surface area contributed by atoms with Crippen LogP contribution in [-0.2, 0) is 15.1 Å². The summed E-state index contributed by atoms with van der Waals surface area (Å²) in [4.78, 5) is 36.4. The molecule has 3 amide bonds. The fraction of sp³-hybridized carbons (Fsp3) is 0.357. The number of carbonyl (C=O) groups excluding carboxylic acids is 3. The van der Waals surface area contributed by atoms with E-state index in [9.17, 15) is 18.8 Å². The topological polar surface area (TPSA) is 66.5 Å². The lowest BCUT2D eigenvalue weighted by molar-refractivity contribution is -0.134. The normalized spacial score (nSPS) is 22.1. The van der Waals surface area contributed by atoms with Gasteiger partial charge in [0.15, 0.2) is 0 Å². The van der Waals surface area contributed by atoms with Crippen molar-refractivity contribution in [2.24, 2.45) is 0 Å². The van der Waals surface area contributed by atoms with Crippen LogP contribution in [0.2, 0.25) is 0 Å². The monoisotopic (exact) mass is 278 g/mol. The number of nitrogens with zero attached hydrogens (tertiary/aromatic N) is 1. The first-order valence-electron chi connectivity index (χ1n) is 6.30. The van der Waals surface area contributed by atoms with E-state index >= 15 is 0 Å². The van der Waals surface area contributed by atoms with Crippen LogP contribution in [-0.4, -0.2) is 29.2 Å². The molecule has 0 saturated carbocycles. The Kier molecular flexibility index (Phi) is 3.57. The predicted molar refractivity (Wildman–Crippen MR) is 69.3 cm³/mol. The number of urea groups is 1. The Bertz CT molecular complexity index is 570. The molecule has 1 aromatic carbocycles. The van der Waals surface area contributed by atoms with E-state index in [1.54, 1.807) is 6.92 Å². The van der Waals surface area contributed by atoms with Crippen molar-refractivity contribution in [1.29, 1.82) is 0 Å². The molecule has 0 radical (unpaired) electrons. The zero-order chi connectivity index (χ0) is 14.9. The second kappa shape index (κ2) is 5.03. The van der Waals surface area contributed by atoms with Crippen molar-refractivity contribution in [3.8, 4) is 0 Å². The first-order valence-corrected chi connectivity index (χ1v) is 6.30. The predicted octanol–water partition coefficient (Wildman–Crippen LogP) is 1.57. The van der Waals surface area contributed by atoms with Crippen molar-refractivity contribution >= 4 is 17.7 Å². The number of nitrogens with one attached hydrogen (secondary N) is 1. The minimum atomic E-state index is -1.22. The van der Waals surface area contributed by atoms with Crippen molar-refractivity contribution in [2.45, 2.75) is 25.8 Å². The second-order valence-corrected chi connectivity index (χ2v) is 4.79. The molecule has 5 nitrogen and oxygen atoms in total. The fourth-order valence-electron chi connectivity index (χ4n) is 2.37. The van der Waals surface area contributed by atoms with E-state index in [1.165, 1.54) is 31.2 Å². The van der Waals surface area contributed by atoms with Crippen LogP contribution in [0.4, 0.5) is 9.18 Å². The Morgan fingerprint density at radius 2 is 1.90 bits per heavy atom. The molecule has 1 heterocycles. The molecule has 1 aromatic rings. The van der Waals surface area contributed by atoms with Gasteiger partial charge in [0, 0.05) is 0 Å². The number of amides is 3. The van der Waals surface area contributed by atoms with Crippen molar-refractivity contribution in [1.82, 2.24) is 10.2 Å². The molecule has 0 aromatic heterocycles. The summed E-state index contributed by atoms with van der Waals surface area (Å²) in [7, 11) is 0. The number of Topliss-reactive ketones (excluding diaryl/α,β-unsaturated/α-hetero) is 1. The number of rotatable bonds is 4. The summed E-state index contributed by atoms with van der Waals surface area (Å²) in [6.45, 7) is 2.80. The summed E-state index contributed by atoms with van der Waals surface area (Å²) >= 11 is 0. The van der Waals surface area contributed by atoms with Gasteiger partial charge >= 0.3 is 6.03 Å². The van der Waals surface area contributed by atoms with Crippen LogP contribution in [0.25, 0.3) is 0 Å². The van der Waals surface area contributed by atoms with E-state index in [0.717, 1.165) is 4.90 Å². The molecule has 106 valence electrons. The Morgan fingerprint density at radius 3 is 2.40 bits per heavy atom. The van der Waals surface area contributed by atoms with E-state index < -0.39 is 23.3 Å². The third-order valence-corrected chi connectivity index (χ3v) is 3.42. The van der Waals surface area contributed by atoms with Gasteiger partial charge in [0.2, 0.25) is 0 Å². The first-order chi connectivity index (χ1) is 9.40. The molecular formula is C14H15FN2O3. The van der Waals surface area contributed by atoms with E-state index in [-0.39, 0.29) is 12.3 Å². The van der Waals surface area contributed by atoms with Gasteiger partial charge < -0.3 is 5.32 Å². The summed E-state index contributed by atoms with van der Waals surface area (Å²) in [5.74, 6) is -1.18. The van der Waals surface area contributed by atoms with Gasteiger partial charge in [-0.05, 0) is 31.0 Å². The van der Waals surface area contributed by atoms with Crippen LogP contribution in [0, 0.1) is 5.82 Å². The average Bonchev–Trinajstić information content (AvgIpc) is 2.64. The molecular weight excluding hydrogens is 263 g/mol. The van der Waals surface area contributed by atoms with Gasteiger partial charge in [-0.25, -0.2) is 9.18 Å². The highest BCUT2D eigenvalue weighted by Crippen LogP contribution is 2.32. The molecule has 1 fully saturated rings. The highest BCUT2D eigenvalue weighted by Gasteiger charge is 2.51. The molecule has 0 bridgehead atoms. The summed E-state index contributed by atoms with van der Waals surface area (Å²) in [6.07, 6.45) is 0.317. The molecule has 1 aliphatic heterocycles. The van der Waals surface area contributed by atoms with Gasteiger partial charge in [0.25, 0.3) is 5.91 Å². The third kappa shape index (κ3) is 2.17. The maximum atomic E-state index is 13.0. The van der Waals surface area contributed by atoms with E-state index in [0.29, 0.717) is 12.0 Å². The molecule has 1 N–H and O–H groups in total. The van der Waals surface area contributed by atoms with E-state index in [1.807, 2.05) is 0 Å². The van der Waals surface area contributed by atoms with Crippen LogP contribution < -0.4 is 5.32 Å². The van der Waals surface area contributed by atoms with Crippen LogP contribution in [0.3, 0.4) is 0 Å². The standard InChI is InChI=1S/C14H15FN2O3/c1-3-14(10-4-6-11(15)7-5-10)12(19)17(8-9(2)18)13(20)16-14/h4-7H,3,8H2,1-2H3,(H,16,20). The minimum Gasteiger partial charge on any atom is -0.319 e. The lowest BCUT2D eigenvalue weighted by Gasteiger charge is -2.25. The molecule has 2 rings (SSSR count). The zero-order valence-electron chi connectivity index (χ0n) is 11.3. The SMILES string of the molecule is CCC1(c2ccc(F)cc2)NC(=O)N(CC(C)=O)C1=O. The maximum absolute atomic E-state index is 13.0. The number of benzene rings is 1. The average molecular weight is 278 g/mol. The van der Waals surface area contributed by atoms with Crippen LogP contribution in [0.5, 0.6) is 0 Å². The van der Waals surface area contributed by atoms with Crippen molar-refractivity contribution in [3.05, 3.63) is 35.6 Å². The van der Waals surface area contributed by atoms with Gasteiger partial charge in [-0.2, -0.15) is 0 Å². The molecule has 6 heteroatoms. The number of carbonyl (C=O) groups is 3. The van der Waals surface area contributed by atoms with Crippen LogP contribution >= 0.6 is 0 Å². The van der Waals surface area contributed by atoms with Gasteiger partial charge in [-0.3, -0.25) is 14.5 Å². The number of imide groups is 1. The zero-order valence-corrected chi connectivity index (χ0v) is 11.3. The Labute approximate surface area is 115 Å². The van der Waals surface area contributed by atoms with Crippen molar-refractivity contribution < 1.29 is 18.8 Å². The van der Waals surface area contributed by atoms with Crippen molar-refractivity contribution in [2.75, 3.05) is 6.54 Å². The summed E-state index contributed by atoms with van der Waals surface area (Å²) in [5.41, 5.74) is -0.717. The summed E-state index contributed by atoms with van der Waals surface area (Å²) in [6, 6.07) is 4.80. The molecule has 1 aliphatic rings. The lowest BCUT2D eigenvalue weighted by Crippen LogP contribution is -2.43. The van der Waals surface area contributed by atoms with Gasteiger partial charge in [-0.1, -0.05) is 19.1 Å². The Morgan fingerprint density at radius 1 is 1.30 bits per heavy atom. The molecule has 1 saturated heterocycles. The van der Waals surface area contributed by atoms with Gasteiger partial charge in [0.05, 0.1) is 6.54 Å². The van der Waals surface area contributed by atoms with E-state index in [2.05, 4.69) is 5.32 Å². The number of halogens is 1. The lowest BCUT2D eigenvalue weighted by atomic mass is 9.87. The summed E-state index contributed by atoms with van der Waals surface area (Å²) in [5, 5.41) is 2.62. The van der Waals surface area contributed by atoms with Crippen LogP contribution in [0.15, 0.2) is 24.3 Å². The molecule has 0 aliphatic carbocycles. The Balaban J connectivity index is 2.42. The molecule has 20 heavy (non-hydrogen) atoms. The number of hydrogen-bond acceptors (Lipinski definition) is 3. The molecule has 1 atom stereocenters. The molecule has 1 unspecified atom stereocenters.